The average Bonchev–Trinajstić information content (AvgIpc) is 0.916. The lowest BCUT2D eigenvalue weighted by Crippen LogP contribution is -2.37. The summed E-state index contributed by atoms with van der Waals surface area (Å²) in [5.74, 6) is 5.75. The predicted molar refractivity (Wildman–Crippen MR) is 545 cm³/mol. The van der Waals surface area contributed by atoms with Crippen LogP contribution in [-0.2, 0) is 57.4 Å². The minimum absolute atomic E-state index is 0.170. The second-order valence-corrected chi connectivity index (χ2v) is 39.9. The van der Waals surface area contributed by atoms with Crippen LogP contribution in [0.4, 0.5) is 0 Å². The fraction of sp³-hybridized carbons (Fsp3) is 0.917. The molecular weight excluding hydrogens is 1700 g/mol. The van der Waals surface area contributed by atoms with Gasteiger partial charge >= 0.3 is 0 Å². The van der Waals surface area contributed by atoms with Crippen LogP contribution in [-0.4, -0.2) is 197 Å². The van der Waals surface area contributed by atoms with Gasteiger partial charge in [0, 0.05) is 37.4 Å². The first kappa shape index (κ1) is 129. The molecule has 0 radical (unpaired) electrons. The third-order valence-corrected chi connectivity index (χ3v) is 28.4. The molecule has 134 heavy (non-hydrogen) atoms. The number of carbonyl (C=O) groups is 9. The van der Waals surface area contributed by atoms with Crippen molar-refractivity contribution in [2.24, 2.45) is 35.5 Å². The zero-order valence-corrected chi connectivity index (χ0v) is 85.7. The number of carboxylic acid groups (broad SMARTS) is 3. The van der Waals surface area contributed by atoms with Gasteiger partial charge in [-0.15, -0.1) is 0 Å². The Morgan fingerprint density at radius 2 is 0.485 bits per heavy atom. The highest BCUT2D eigenvalue weighted by atomic mass is 16.8. The van der Waals surface area contributed by atoms with Gasteiger partial charge in [-0.3, -0.25) is 53.6 Å². The standard InChI is InChI=1S/C105H203N9O11.3CH2O2/c1-2-100(111-103(118)60-42-33-36-54-94-63-69-97(70-64-94)88-108-79-47-24-12-6-3-9-15-30-51-85-123-91-115)57-39-21-18-27-45-77-106-82-75-101(112-104(119)61-43-34-37-55-95-65-71-98(72-66-95)89-109-80-48-25-13-7-4-10-16-31-52-86-124-92-116)58-40-22-19-28-46-78-107-83-76-102(59-41-23-20-29-50-84-114(121)122)113-105(120)62-44-35-38-56-96-67-73-99(74-68-96)90-110-81-49-26-14-8-5-11-17-32-53-87-125-93-117;3*2-1-3/h91-102,106-110,121-122H,2-90H2,1H3,(H,111,118)(H,112,119)(H,113,120);3*1H,(H,2,3)/t94?,95?,96?,97?,98?,99?,100-,101+,102+;;;/m0.../s1. The van der Waals surface area contributed by atoms with Gasteiger partial charge in [-0.25, -0.2) is 0 Å². The molecule has 0 aromatic rings. The van der Waals surface area contributed by atoms with Crippen molar-refractivity contribution in [3.05, 3.63) is 0 Å². The third-order valence-electron chi connectivity index (χ3n) is 28.4. The Bertz CT molecular complexity index is 2500. The molecular formula is C108H209N9O17. The molecule has 26 nitrogen and oxygen atoms in total. The molecule has 0 spiro atoms. The molecule has 0 saturated heterocycles. The molecule has 3 atom stereocenters. The molecule has 0 aromatic heterocycles. The summed E-state index contributed by atoms with van der Waals surface area (Å²) >= 11 is 0. The first-order chi connectivity index (χ1) is 65.8. The van der Waals surface area contributed by atoms with Crippen LogP contribution < -0.4 is 42.5 Å². The Kier molecular flexibility index (Phi) is 101. The number of unbranched alkanes of at least 4 members (excludes halogenated alkanes) is 42. The number of nitrogens with one attached hydrogen (secondary N) is 8. The van der Waals surface area contributed by atoms with Gasteiger partial charge < -0.3 is 72.1 Å². The third kappa shape index (κ3) is 93.2. The van der Waals surface area contributed by atoms with E-state index < -0.39 is 0 Å². The maximum Gasteiger partial charge on any atom is 0.293 e. The summed E-state index contributed by atoms with van der Waals surface area (Å²) in [7, 11) is 0. The molecule has 3 aliphatic rings. The molecule has 3 saturated carbocycles. The summed E-state index contributed by atoms with van der Waals surface area (Å²) in [6, 6.07) is 0.661. The van der Waals surface area contributed by atoms with E-state index in [0.717, 1.165) is 235 Å². The van der Waals surface area contributed by atoms with Gasteiger partial charge in [0.1, 0.15) is 0 Å². The number of hydroxylamine groups is 2. The number of carbonyl (C=O) groups excluding carboxylic acids is 6. The summed E-state index contributed by atoms with van der Waals surface area (Å²) in [6.45, 7) is 15.9. The molecule has 0 unspecified atom stereocenters. The molecule has 0 bridgehead atoms. The number of hydrogen-bond acceptors (Lipinski definition) is 20. The molecule has 0 aromatic carbocycles. The summed E-state index contributed by atoms with van der Waals surface area (Å²) in [6.07, 6.45) is 89.0. The van der Waals surface area contributed by atoms with Crippen LogP contribution in [0, 0.1) is 35.5 Å². The minimum Gasteiger partial charge on any atom is -0.483 e. The summed E-state index contributed by atoms with van der Waals surface area (Å²) in [5, 5.41) is 68.4. The second-order valence-electron chi connectivity index (χ2n) is 39.9. The Morgan fingerprint density at radius 3 is 0.746 bits per heavy atom. The number of amides is 3. The van der Waals surface area contributed by atoms with Crippen LogP contribution in [0.25, 0.3) is 0 Å². The first-order valence-electron chi connectivity index (χ1n) is 55.8. The van der Waals surface area contributed by atoms with Crippen LogP contribution in [0.15, 0.2) is 0 Å². The lowest BCUT2D eigenvalue weighted by molar-refractivity contribution is -0.306. The minimum atomic E-state index is -0.250. The van der Waals surface area contributed by atoms with E-state index in [0.29, 0.717) is 58.5 Å². The van der Waals surface area contributed by atoms with Crippen molar-refractivity contribution in [1.29, 1.82) is 0 Å². The second kappa shape index (κ2) is 105. The molecule has 26 heteroatoms. The van der Waals surface area contributed by atoms with E-state index in [1.807, 2.05) is 0 Å². The van der Waals surface area contributed by atoms with Gasteiger partial charge in [0.15, 0.2) is 0 Å². The van der Waals surface area contributed by atoms with Crippen LogP contribution in [0.5, 0.6) is 0 Å². The average molecular weight is 1910 g/mol. The zero-order chi connectivity index (χ0) is 97.5. The zero-order valence-electron chi connectivity index (χ0n) is 85.7. The number of hydrogen-bond donors (Lipinski definition) is 13. The molecule has 3 fully saturated rings. The van der Waals surface area contributed by atoms with E-state index >= 15 is 0 Å². The number of rotatable bonds is 97. The Morgan fingerprint density at radius 1 is 0.269 bits per heavy atom. The van der Waals surface area contributed by atoms with E-state index in [9.17, 15) is 28.8 Å². The fourth-order valence-electron chi connectivity index (χ4n) is 20.1. The van der Waals surface area contributed by atoms with Crippen molar-refractivity contribution in [3.63, 3.8) is 0 Å². The van der Waals surface area contributed by atoms with E-state index in [2.05, 4.69) is 49.5 Å². The van der Waals surface area contributed by atoms with Crippen molar-refractivity contribution < 1.29 is 83.1 Å². The monoisotopic (exact) mass is 1900 g/mol. The van der Waals surface area contributed by atoms with Crippen LogP contribution >= 0.6 is 0 Å². The molecule has 0 heterocycles. The maximum atomic E-state index is 13.6. The van der Waals surface area contributed by atoms with Crippen LogP contribution in [0.2, 0.25) is 0 Å². The predicted octanol–water partition coefficient (Wildman–Crippen LogP) is 23.1. The van der Waals surface area contributed by atoms with Crippen LogP contribution in [0.3, 0.4) is 0 Å². The van der Waals surface area contributed by atoms with Gasteiger partial charge in [-0.1, -0.05) is 320 Å². The Hall–Kier alpha value is -5.09. The van der Waals surface area contributed by atoms with Crippen molar-refractivity contribution in [2.45, 2.75) is 507 Å². The molecule has 13 N–H and O–H groups in total. The first-order valence-corrected chi connectivity index (χ1v) is 55.8. The van der Waals surface area contributed by atoms with Gasteiger partial charge in [-0.05, 0) is 255 Å². The van der Waals surface area contributed by atoms with E-state index in [1.165, 1.54) is 328 Å². The van der Waals surface area contributed by atoms with Crippen molar-refractivity contribution in [3.8, 4) is 0 Å². The fourth-order valence-corrected chi connectivity index (χ4v) is 20.1. The summed E-state index contributed by atoms with van der Waals surface area (Å²) in [5.41, 5.74) is 0. The SMILES string of the molecule is CC[C@@H](CCCCCCCNCC[C@@H](CCCCCCCNCC[C@@H](CCCCCCCN(O)O)NC(=O)CCCCCC1CCC(CNCCCCCCCCCCCOC=O)CC1)NC(=O)CCCCCC1CCC(CNCCCCCCCCCCCOC=O)CC1)NC(=O)CCCCCC1CCC(CNCCCCCCCCCCCOC=O)CC1.O=CO.O=CO.O=CO. The largest absolute Gasteiger partial charge is 0.483 e. The highest BCUT2D eigenvalue weighted by Crippen LogP contribution is 2.35. The summed E-state index contributed by atoms with van der Waals surface area (Å²) < 4.78 is 14.4. The Labute approximate surface area is 817 Å². The molecule has 788 valence electrons. The van der Waals surface area contributed by atoms with E-state index in [-0.39, 0.29) is 67.0 Å². The van der Waals surface area contributed by atoms with Crippen LogP contribution in [0.1, 0.15) is 488 Å². The van der Waals surface area contributed by atoms with Gasteiger partial charge in [0.05, 0.1) is 26.4 Å². The number of ether oxygens (including phenoxy) is 3. The topological polar surface area (TPSA) is 382 Å². The quantitative estimate of drug-likeness (QED) is 0.0116. The van der Waals surface area contributed by atoms with E-state index in [1.54, 1.807) is 0 Å². The van der Waals surface area contributed by atoms with Crippen molar-refractivity contribution in [1.82, 2.24) is 47.8 Å². The van der Waals surface area contributed by atoms with Gasteiger partial charge in [0.25, 0.3) is 38.8 Å². The summed E-state index contributed by atoms with van der Waals surface area (Å²) in [4.78, 5) is 95.9. The maximum absolute atomic E-state index is 13.6. The lowest BCUT2D eigenvalue weighted by atomic mass is 9.79. The highest BCUT2D eigenvalue weighted by Gasteiger charge is 2.25. The molecule has 0 aliphatic heterocycles. The number of nitrogens with zero attached hydrogens (tertiary/aromatic N) is 1. The molecule has 3 rings (SSSR count). The van der Waals surface area contributed by atoms with Gasteiger partial charge in [-0.2, -0.15) is 0 Å². The van der Waals surface area contributed by atoms with Crippen molar-refractivity contribution in [2.75, 3.05) is 91.8 Å². The molecule has 3 aliphatic carbocycles. The smallest absolute Gasteiger partial charge is 0.293 e. The molecule has 3 amide bonds. The van der Waals surface area contributed by atoms with Gasteiger partial charge in [0.2, 0.25) is 17.7 Å². The lowest BCUT2D eigenvalue weighted by Gasteiger charge is -2.28. The highest BCUT2D eigenvalue weighted by molar-refractivity contribution is 5.77. The Balaban J connectivity index is 0.0000188. The van der Waals surface area contributed by atoms with E-state index in [4.69, 9.17) is 54.3 Å². The van der Waals surface area contributed by atoms with Crippen molar-refractivity contribution >= 4 is 56.6 Å². The normalized spacial score (nSPS) is 17.1.